The van der Waals surface area contributed by atoms with Crippen molar-refractivity contribution in [3.63, 3.8) is 0 Å². The Bertz CT molecular complexity index is 519. The Labute approximate surface area is 121 Å². The Morgan fingerprint density at radius 3 is 2.45 bits per heavy atom. The summed E-state index contributed by atoms with van der Waals surface area (Å²) in [6.07, 6.45) is 0.948. The zero-order chi connectivity index (χ0) is 15.3. The average Bonchev–Trinajstić information content (AvgIpc) is 2.32. The predicted octanol–water partition coefficient (Wildman–Crippen LogP) is 5.29. The lowest BCUT2D eigenvalue weighted by Gasteiger charge is -2.15. The molecule has 0 saturated heterocycles. The summed E-state index contributed by atoms with van der Waals surface area (Å²) in [5, 5.41) is -0.870. The third-order valence-electron chi connectivity index (χ3n) is 2.95. The molecule has 0 aliphatic rings. The zero-order valence-electron chi connectivity index (χ0n) is 11.4. The lowest BCUT2D eigenvalue weighted by molar-refractivity contribution is -0.138. The van der Waals surface area contributed by atoms with Gasteiger partial charge in [-0.15, -0.1) is 0 Å². The van der Waals surface area contributed by atoms with Gasteiger partial charge in [0.1, 0.15) is 0 Å². The maximum Gasteiger partial charge on any atom is 0.416 e. The van der Waals surface area contributed by atoms with Gasteiger partial charge in [-0.05, 0) is 55.0 Å². The van der Waals surface area contributed by atoms with E-state index < -0.39 is 17.0 Å². The van der Waals surface area contributed by atoms with Crippen molar-refractivity contribution >= 4 is 16.8 Å². The lowest BCUT2D eigenvalue weighted by Crippen LogP contribution is -2.12. The van der Waals surface area contributed by atoms with Crippen LogP contribution in [-0.2, 0) is 12.6 Å². The second-order valence-electron chi connectivity index (χ2n) is 4.51. The van der Waals surface area contributed by atoms with Gasteiger partial charge in [-0.3, -0.25) is 4.79 Å². The van der Waals surface area contributed by atoms with Gasteiger partial charge < -0.3 is 0 Å². The van der Waals surface area contributed by atoms with Gasteiger partial charge in [-0.2, -0.15) is 13.2 Å². The molecule has 5 heteroatoms. The SMILES string of the molecule is CC/C=C/CCc1cc(C)c(C(=O)Cl)cc1C(F)(F)F. The molecule has 1 aromatic carbocycles. The first-order chi connectivity index (χ1) is 9.27. The number of alkyl halides is 3. The molecule has 0 saturated carbocycles. The number of halogens is 4. The van der Waals surface area contributed by atoms with Crippen LogP contribution in [0.3, 0.4) is 0 Å². The molecule has 1 rings (SSSR count). The Kier molecular flexibility index (Phi) is 5.81. The summed E-state index contributed by atoms with van der Waals surface area (Å²) in [7, 11) is 0. The maximum atomic E-state index is 13.0. The van der Waals surface area contributed by atoms with Crippen LogP contribution in [0.15, 0.2) is 24.3 Å². The highest BCUT2D eigenvalue weighted by atomic mass is 35.5. The van der Waals surface area contributed by atoms with Gasteiger partial charge in [0, 0.05) is 5.56 Å². The van der Waals surface area contributed by atoms with E-state index in [1.165, 1.54) is 6.07 Å². The zero-order valence-corrected chi connectivity index (χ0v) is 12.1. The van der Waals surface area contributed by atoms with E-state index in [0.29, 0.717) is 12.0 Å². The number of allylic oxidation sites excluding steroid dienone is 2. The van der Waals surface area contributed by atoms with Crippen molar-refractivity contribution < 1.29 is 18.0 Å². The summed E-state index contributed by atoms with van der Waals surface area (Å²) in [6, 6.07) is 2.25. The first-order valence-electron chi connectivity index (χ1n) is 6.33. The Balaban J connectivity index is 3.18. The van der Waals surface area contributed by atoms with Gasteiger partial charge in [-0.1, -0.05) is 25.1 Å². The van der Waals surface area contributed by atoms with E-state index in [4.69, 9.17) is 11.6 Å². The van der Waals surface area contributed by atoms with Crippen molar-refractivity contribution in [2.24, 2.45) is 0 Å². The lowest BCUT2D eigenvalue weighted by atomic mass is 9.96. The van der Waals surface area contributed by atoms with Crippen LogP contribution in [0.4, 0.5) is 13.2 Å². The van der Waals surface area contributed by atoms with E-state index in [1.54, 1.807) is 6.92 Å². The molecule has 0 aliphatic carbocycles. The summed E-state index contributed by atoms with van der Waals surface area (Å²) >= 11 is 5.31. The molecule has 110 valence electrons. The number of carbonyl (C=O) groups excluding carboxylic acids is 1. The third-order valence-corrected chi connectivity index (χ3v) is 3.15. The number of benzene rings is 1. The molecule has 0 spiro atoms. The molecule has 0 atom stereocenters. The monoisotopic (exact) mass is 304 g/mol. The van der Waals surface area contributed by atoms with E-state index in [-0.39, 0.29) is 17.5 Å². The Morgan fingerprint density at radius 1 is 1.30 bits per heavy atom. The molecule has 1 nitrogen and oxygen atoms in total. The average molecular weight is 305 g/mol. The number of hydrogen-bond acceptors (Lipinski definition) is 1. The Morgan fingerprint density at radius 2 is 1.95 bits per heavy atom. The van der Waals surface area contributed by atoms with Crippen LogP contribution < -0.4 is 0 Å². The van der Waals surface area contributed by atoms with Crippen LogP contribution in [0.25, 0.3) is 0 Å². The van der Waals surface area contributed by atoms with Crippen molar-refractivity contribution in [2.45, 2.75) is 39.3 Å². The van der Waals surface area contributed by atoms with Crippen molar-refractivity contribution in [2.75, 3.05) is 0 Å². The molecule has 0 unspecified atom stereocenters. The van der Waals surface area contributed by atoms with Crippen LogP contribution >= 0.6 is 11.6 Å². The molecular formula is C15H16ClF3O. The predicted molar refractivity (Wildman–Crippen MR) is 74.1 cm³/mol. The fourth-order valence-corrected chi connectivity index (χ4v) is 2.18. The van der Waals surface area contributed by atoms with E-state index in [0.717, 1.165) is 12.5 Å². The largest absolute Gasteiger partial charge is 0.416 e. The quantitative estimate of drug-likeness (QED) is 0.533. The second kappa shape index (κ2) is 6.93. The smallest absolute Gasteiger partial charge is 0.276 e. The van der Waals surface area contributed by atoms with Gasteiger partial charge in [0.25, 0.3) is 5.24 Å². The molecule has 0 amide bonds. The molecule has 1 aromatic rings. The Hall–Kier alpha value is -1.29. The minimum atomic E-state index is -4.49. The summed E-state index contributed by atoms with van der Waals surface area (Å²) < 4.78 is 39.1. The molecule has 0 bridgehead atoms. The number of rotatable bonds is 5. The van der Waals surface area contributed by atoms with Gasteiger partial charge >= 0.3 is 6.18 Å². The van der Waals surface area contributed by atoms with Crippen LogP contribution in [-0.4, -0.2) is 5.24 Å². The van der Waals surface area contributed by atoms with Crippen LogP contribution in [0, 0.1) is 6.92 Å². The molecule has 20 heavy (non-hydrogen) atoms. The van der Waals surface area contributed by atoms with Gasteiger partial charge in [0.2, 0.25) is 0 Å². The van der Waals surface area contributed by atoms with Crippen LogP contribution in [0.5, 0.6) is 0 Å². The molecule has 0 aromatic heterocycles. The number of carbonyl (C=O) groups is 1. The second-order valence-corrected chi connectivity index (χ2v) is 4.86. The van der Waals surface area contributed by atoms with E-state index in [1.807, 2.05) is 19.1 Å². The van der Waals surface area contributed by atoms with E-state index in [9.17, 15) is 18.0 Å². The molecular weight excluding hydrogens is 289 g/mol. The molecule has 0 aliphatic heterocycles. The van der Waals surface area contributed by atoms with Gasteiger partial charge in [0.15, 0.2) is 0 Å². The van der Waals surface area contributed by atoms with Gasteiger partial charge in [-0.25, -0.2) is 0 Å². The molecule has 0 radical (unpaired) electrons. The third kappa shape index (κ3) is 4.37. The summed E-state index contributed by atoms with van der Waals surface area (Å²) in [5.74, 6) is 0. The maximum absolute atomic E-state index is 13.0. The van der Waals surface area contributed by atoms with Crippen molar-refractivity contribution in [1.82, 2.24) is 0 Å². The topological polar surface area (TPSA) is 17.1 Å². The fraction of sp³-hybridized carbons (Fsp3) is 0.400. The van der Waals surface area contributed by atoms with Crippen LogP contribution in [0.1, 0.15) is 46.8 Å². The highest BCUT2D eigenvalue weighted by Gasteiger charge is 2.34. The number of hydrogen-bond donors (Lipinski definition) is 0. The van der Waals surface area contributed by atoms with Crippen molar-refractivity contribution in [3.05, 3.63) is 46.5 Å². The minimum Gasteiger partial charge on any atom is -0.276 e. The standard InChI is InChI=1S/C15H16ClF3O/c1-3-4-5-6-7-11-8-10(2)12(14(16)20)9-13(11)15(17,18)19/h4-5,8-9H,3,6-7H2,1-2H3/b5-4+. The number of aryl methyl sites for hydroxylation is 2. The molecule has 0 heterocycles. The fourth-order valence-electron chi connectivity index (χ4n) is 1.97. The molecule has 0 fully saturated rings. The first-order valence-corrected chi connectivity index (χ1v) is 6.70. The first kappa shape index (κ1) is 16.8. The van der Waals surface area contributed by atoms with Crippen molar-refractivity contribution in [1.29, 1.82) is 0 Å². The highest BCUT2D eigenvalue weighted by molar-refractivity contribution is 6.67. The van der Waals surface area contributed by atoms with Gasteiger partial charge in [0.05, 0.1) is 5.56 Å². The minimum absolute atomic E-state index is 0.0909. The van der Waals surface area contributed by atoms with E-state index >= 15 is 0 Å². The van der Waals surface area contributed by atoms with E-state index in [2.05, 4.69) is 0 Å². The van der Waals surface area contributed by atoms with Crippen molar-refractivity contribution in [3.8, 4) is 0 Å². The summed E-state index contributed by atoms with van der Waals surface area (Å²) in [6.45, 7) is 3.55. The van der Waals surface area contributed by atoms with Crippen LogP contribution in [0.2, 0.25) is 0 Å². The molecule has 0 N–H and O–H groups in total. The highest BCUT2D eigenvalue weighted by Crippen LogP contribution is 2.34. The summed E-state index contributed by atoms with van der Waals surface area (Å²) in [4.78, 5) is 11.1. The summed E-state index contributed by atoms with van der Waals surface area (Å²) in [5.41, 5.74) is -0.214. The normalized spacial score (nSPS) is 12.1.